The molecule has 0 saturated heterocycles. The van der Waals surface area contributed by atoms with Gasteiger partial charge in [-0.3, -0.25) is 4.79 Å². The summed E-state index contributed by atoms with van der Waals surface area (Å²) in [5, 5.41) is 0. The molecule has 1 aromatic heterocycles. The van der Waals surface area contributed by atoms with Gasteiger partial charge in [0.15, 0.2) is 0 Å². The molecule has 2 N–H and O–H groups in total. The quantitative estimate of drug-likeness (QED) is 0.851. The fourth-order valence-electron chi connectivity index (χ4n) is 2.12. The Balaban J connectivity index is 2.70. The molecule has 6 heteroatoms. The number of rotatable bonds is 5. The highest BCUT2D eigenvalue weighted by Crippen LogP contribution is 2.28. The first-order chi connectivity index (χ1) is 9.10. The summed E-state index contributed by atoms with van der Waals surface area (Å²) in [5.41, 5.74) is 6.95. The third kappa shape index (κ3) is 2.38. The number of ether oxygens (including phenoxy) is 1. The first-order valence-corrected chi connectivity index (χ1v) is 6.52. The van der Waals surface area contributed by atoms with Crippen LogP contribution in [0.1, 0.15) is 18.8 Å². The van der Waals surface area contributed by atoms with Crippen molar-refractivity contribution in [2.75, 3.05) is 13.0 Å². The fourth-order valence-corrected chi connectivity index (χ4v) is 2.29. The van der Waals surface area contributed by atoms with Gasteiger partial charge in [0.2, 0.25) is 5.91 Å². The molecule has 2 rings (SSSR count). The Bertz CT molecular complexity index is 609. The van der Waals surface area contributed by atoms with Crippen molar-refractivity contribution in [3.63, 3.8) is 0 Å². The molecule has 0 aliphatic rings. The molecule has 5 nitrogen and oxygen atoms in total. The maximum Gasteiger partial charge on any atom is 0.240 e. The second-order valence-electron chi connectivity index (χ2n) is 4.24. The zero-order valence-electron chi connectivity index (χ0n) is 10.9. The van der Waals surface area contributed by atoms with Crippen LogP contribution in [-0.4, -0.2) is 28.4 Å². The summed E-state index contributed by atoms with van der Waals surface area (Å²) in [6.45, 7) is 1.75. The standard InChI is InChI=1S/C13H16ClN3O2/c1-8(13(15)18)17-9-4-3-5-10(19-2)12(9)16-11(17)6-7-14/h3-5,8H,6-7H2,1-2H3,(H2,15,18). The number of amides is 1. The van der Waals surface area contributed by atoms with Gasteiger partial charge in [-0.05, 0) is 19.1 Å². The lowest BCUT2D eigenvalue weighted by Crippen LogP contribution is -2.25. The Hall–Kier alpha value is -1.75. The summed E-state index contributed by atoms with van der Waals surface area (Å²) in [5.74, 6) is 1.43. The van der Waals surface area contributed by atoms with Crippen molar-refractivity contribution in [3.8, 4) is 5.75 Å². The summed E-state index contributed by atoms with van der Waals surface area (Å²) in [7, 11) is 1.59. The summed E-state index contributed by atoms with van der Waals surface area (Å²) in [4.78, 5) is 16.0. The number of hydrogen-bond donors (Lipinski definition) is 1. The van der Waals surface area contributed by atoms with E-state index in [1.165, 1.54) is 0 Å². The molecule has 0 bridgehead atoms. The Kier molecular flexibility index (Phi) is 3.95. The maximum atomic E-state index is 11.5. The van der Waals surface area contributed by atoms with Crippen LogP contribution in [-0.2, 0) is 11.2 Å². The van der Waals surface area contributed by atoms with E-state index in [2.05, 4.69) is 4.98 Å². The largest absolute Gasteiger partial charge is 0.494 e. The molecule has 0 radical (unpaired) electrons. The molecule has 102 valence electrons. The second kappa shape index (κ2) is 5.48. The van der Waals surface area contributed by atoms with Crippen LogP contribution in [0, 0.1) is 0 Å². The van der Waals surface area contributed by atoms with Crippen LogP contribution in [0.3, 0.4) is 0 Å². The van der Waals surface area contributed by atoms with Gasteiger partial charge in [-0.15, -0.1) is 11.6 Å². The lowest BCUT2D eigenvalue weighted by Gasteiger charge is -2.14. The topological polar surface area (TPSA) is 70.1 Å². The Morgan fingerprint density at radius 2 is 2.32 bits per heavy atom. The number of carbonyl (C=O) groups is 1. The number of hydrogen-bond acceptors (Lipinski definition) is 3. The number of para-hydroxylation sites is 1. The highest BCUT2D eigenvalue weighted by atomic mass is 35.5. The van der Waals surface area contributed by atoms with Crippen molar-refractivity contribution in [1.29, 1.82) is 0 Å². The van der Waals surface area contributed by atoms with Crippen LogP contribution in [0.15, 0.2) is 18.2 Å². The van der Waals surface area contributed by atoms with Gasteiger partial charge >= 0.3 is 0 Å². The van der Waals surface area contributed by atoms with Gasteiger partial charge in [0, 0.05) is 12.3 Å². The molecule has 1 aromatic carbocycles. The first-order valence-electron chi connectivity index (χ1n) is 5.99. The minimum absolute atomic E-state index is 0.405. The zero-order chi connectivity index (χ0) is 14.0. The van der Waals surface area contributed by atoms with E-state index in [0.29, 0.717) is 18.1 Å². The second-order valence-corrected chi connectivity index (χ2v) is 4.62. The van der Waals surface area contributed by atoms with Crippen molar-refractivity contribution in [2.24, 2.45) is 5.73 Å². The number of benzene rings is 1. The highest BCUT2D eigenvalue weighted by molar-refractivity contribution is 6.18. The molecule has 1 amide bonds. The average Bonchev–Trinajstić information content (AvgIpc) is 2.75. The van der Waals surface area contributed by atoms with E-state index >= 15 is 0 Å². The smallest absolute Gasteiger partial charge is 0.240 e. The van der Waals surface area contributed by atoms with E-state index < -0.39 is 11.9 Å². The number of halogens is 1. The number of nitrogens with two attached hydrogens (primary N) is 1. The van der Waals surface area contributed by atoms with E-state index in [-0.39, 0.29) is 0 Å². The average molecular weight is 282 g/mol. The van der Waals surface area contributed by atoms with E-state index in [9.17, 15) is 4.79 Å². The van der Waals surface area contributed by atoms with Crippen LogP contribution >= 0.6 is 11.6 Å². The third-order valence-electron chi connectivity index (χ3n) is 3.09. The van der Waals surface area contributed by atoms with Crippen molar-refractivity contribution >= 4 is 28.5 Å². The van der Waals surface area contributed by atoms with E-state index in [4.69, 9.17) is 22.1 Å². The molecule has 2 aromatic rings. The lowest BCUT2D eigenvalue weighted by molar-refractivity contribution is -0.120. The fraction of sp³-hybridized carbons (Fsp3) is 0.385. The number of fused-ring (bicyclic) bond motifs is 1. The number of imidazole rings is 1. The number of primary amides is 1. The van der Waals surface area contributed by atoms with Gasteiger partial charge in [0.05, 0.1) is 12.6 Å². The van der Waals surface area contributed by atoms with Gasteiger partial charge in [0.1, 0.15) is 23.1 Å². The van der Waals surface area contributed by atoms with Crippen molar-refractivity contribution in [2.45, 2.75) is 19.4 Å². The third-order valence-corrected chi connectivity index (χ3v) is 3.28. The summed E-state index contributed by atoms with van der Waals surface area (Å²) in [6.07, 6.45) is 0.566. The molecular weight excluding hydrogens is 266 g/mol. The number of carbonyl (C=O) groups excluding carboxylic acids is 1. The number of aromatic nitrogens is 2. The van der Waals surface area contributed by atoms with Crippen LogP contribution in [0.4, 0.5) is 0 Å². The minimum Gasteiger partial charge on any atom is -0.494 e. The summed E-state index contributed by atoms with van der Waals surface area (Å²) >= 11 is 5.79. The molecule has 0 saturated carbocycles. The van der Waals surface area contributed by atoms with Crippen molar-refractivity contribution in [1.82, 2.24) is 9.55 Å². The van der Waals surface area contributed by atoms with Gasteiger partial charge in [-0.1, -0.05) is 6.07 Å². The highest BCUT2D eigenvalue weighted by Gasteiger charge is 2.20. The summed E-state index contributed by atoms with van der Waals surface area (Å²) in [6, 6.07) is 5.11. The molecule has 0 fully saturated rings. The van der Waals surface area contributed by atoms with Gasteiger partial charge in [0.25, 0.3) is 0 Å². The lowest BCUT2D eigenvalue weighted by atomic mass is 10.2. The maximum absolute atomic E-state index is 11.5. The Labute approximate surface area is 116 Å². The molecule has 0 aliphatic heterocycles. The van der Waals surface area contributed by atoms with Crippen LogP contribution in [0.5, 0.6) is 5.75 Å². The van der Waals surface area contributed by atoms with Crippen LogP contribution in [0.25, 0.3) is 11.0 Å². The minimum atomic E-state index is -0.477. The first kappa shape index (κ1) is 13.7. The van der Waals surface area contributed by atoms with Crippen LogP contribution < -0.4 is 10.5 Å². The number of alkyl halides is 1. The predicted molar refractivity (Wildman–Crippen MR) is 74.6 cm³/mol. The number of nitrogens with zero attached hydrogens (tertiary/aromatic N) is 2. The van der Waals surface area contributed by atoms with Gasteiger partial charge in [-0.2, -0.15) is 0 Å². The molecule has 0 spiro atoms. The van der Waals surface area contributed by atoms with Crippen molar-refractivity contribution < 1.29 is 9.53 Å². The van der Waals surface area contributed by atoms with E-state index in [1.54, 1.807) is 14.0 Å². The monoisotopic (exact) mass is 281 g/mol. The van der Waals surface area contributed by atoms with E-state index in [1.807, 2.05) is 22.8 Å². The molecule has 0 aliphatic carbocycles. The van der Waals surface area contributed by atoms with Crippen LogP contribution in [0.2, 0.25) is 0 Å². The van der Waals surface area contributed by atoms with Gasteiger partial charge in [-0.25, -0.2) is 4.98 Å². The van der Waals surface area contributed by atoms with E-state index in [0.717, 1.165) is 16.9 Å². The Morgan fingerprint density at radius 3 is 2.89 bits per heavy atom. The van der Waals surface area contributed by atoms with Gasteiger partial charge < -0.3 is 15.0 Å². The molecule has 1 atom stereocenters. The normalized spacial score (nSPS) is 12.6. The molecular formula is C13H16ClN3O2. The van der Waals surface area contributed by atoms with Crippen molar-refractivity contribution in [3.05, 3.63) is 24.0 Å². The SMILES string of the molecule is COc1cccc2c1nc(CCCl)n2C(C)C(N)=O. The molecule has 19 heavy (non-hydrogen) atoms. The zero-order valence-corrected chi connectivity index (χ0v) is 11.6. The molecule has 1 heterocycles. The summed E-state index contributed by atoms with van der Waals surface area (Å²) < 4.78 is 7.11. The number of aryl methyl sites for hydroxylation is 1. The Morgan fingerprint density at radius 1 is 1.58 bits per heavy atom. The molecule has 1 unspecified atom stereocenters. The predicted octanol–water partition coefficient (Wildman–Crippen LogP) is 1.87. The number of methoxy groups -OCH3 is 1.